The van der Waals surface area contributed by atoms with Gasteiger partial charge in [-0.3, -0.25) is 19.7 Å². The number of amides is 1. The third-order valence-electron chi connectivity index (χ3n) is 6.25. The van der Waals surface area contributed by atoms with Crippen molar-refractivity contribution in [3.05, 3.63) is 34.4 Å². The number of carboxylic acids is 1. The molecule has 0 atom stereocenters. The summed E-state index contributed by atoms with van der Waals surface area (Å²) in [6.45, 7) is 9.87. The molecule has 0 saturated heterocycles. The van der Waals surface area contributed by atoms with Crippen molar-refractivity contribution >= 4 is 17.6 Å². The van der Waals surface area contributed by atoms with Crippen LogP contribution in [0.3, 0.4) is 0 Å². The van der Waals surface area contributed by atoms with Crippen molar-refractivity contribution in [2.75, 3.05) is 145 Å². The molecule has 0 aliphatic rings. The summed E-state index contributed by atoms with van der Waals surface area (Å²) >= 11 is 0. The van der Waals surface area contributed by atoms with E-state index in [9.17, 15) is 19.7 Å². The fourth-order valence-electron chi connectivity index (χ4n) is 3.67. The first kappa shape index (κ1) is 46.0. The van der Waals surface area contributed by atoms with Gasteiger partial charge in [-0.1, -0.05) is 0 Å². The van der Waals surface area contributed by atoms with Gasteiger partial charge in [0, 0.05) is 31.7 Å². The summed E-state index contributed by atoms with van der Waals surface area (Å²) in [5.74, 6) is -0.713. The van der Waals surface area contributed by atoms with Crippen LogP contribution < -0.4 is 10.1 Å². The first-order valence-corrected chi connectivity index (χ1v) is 17.1. The summed E-state index contributed by atoms with van der Waals surface area (Å²) in [4.78, 5) is 31.9. The number of benzene rings is 1. The fourth-order valence-corrected chi connectivity index (χ4v) is 3.67. The van der Waals surface area contributed by atoms with Gasteiger partial charge in [0.2, 0.25) is 5.91 Å². The third kappa shape index (κ3) is 32.6. The van der Waals surface area contributed by atoms with Crippen molar-refractivity contribution in [3.8, 4) is 5.75 Å². The Morgan fingerprint density at radius 3 is 1.20 bits per heavy atom. The highest BCUT2D eigenvalue weighted by Gasteiger charge is 2.05. The number of nitrogens with one attached hydrogen (secondary N) is 1. The maximum atomic E-state index is 11.4. The van der Waals surface area contributed by atoms with E-state index >= 15 is 0 Å². The summed E-state index contributed by atoms with van der Waals surface area (Å²) in [5, 5.41) is 21.8. The number of nitro groups is 1. The Bertz CT molecular complexity index is 973. The standard InChI is InChI=1S/C33H56N2O16/c36-32(6-7-33(37)38)34-8-1-9-41-10-11-42-12-13-43-14-15-44-16-17-45-18-19-46-20-21-47-22-23-48-24-25-49-26-27-50-28-29-51-31-4-2-30(3-5-31)35(39)40/h2-5H,1,6-29H2,(H,34,36)(H,37,38). The lowest BCUT2D eigenvalue weighted by Crippen LogP contribution is -2.25. The molecule has 0 fully saturated rings. The number of nitro benzene ring substituents is 1. The molecule has 2 N–H and O–H groups in total. The van der Waals surface area contributed by atoms with E-state index in [2.05, 4.69) is 5.32 Å². The molecule has 51 heavy (non-hydrogen) atoms. The molecule has 1 amide bonds. The number of nitrogens with zero attached hydrogens (tertiary/aromatic N) is 1. The Labute approximate surface area is 299 Å². The van der Waals surface area contributed by atoms with E-state index in [0.29, 0.717) is 157 Å². The molecule has 0 bridgehead atoms. The van der Waals surface area contributed by atoms with Gasteiger partial charge in [0.25, 0.3) is 5.69 Å². The van der Waals surface area contributed by atoms with E-state index < -0.39 is 10.9 Å². The lowest BCUT2D eigenvalue weighted by atomic mass is 10.3. The molecule has 1 aromatic carbocycles. The Balaban J connectivity index is 1.65. The molecule has 294 valence electrons. The second kappa shape index (κ2) is 35.4. The Morgan fingerprint density at radius 2 is 0.863 bits per heavy atom. The molecular formula is C33H56N2O16. The minimum absolute atomic E-state index is 0.0163. The van der Waals surface area contributed by atoms with Crippen molar-refractivity contribution in [1.82, 2.24) is 5.32 Å². The third-order valence-corrected chi connectivity index (χ3v) is 6.25. The molecule has 0 aliphatic carbocycles. The minimum Gasteiger partial charge on any atom is -0.491 e. The number of carboxylic acid groups (broad SMARTS) is 1. The van der Waals surface area contributed by atoms with Gasteiger partial charge in [-0.2, -0.15) is 0 Å². The van der Waals surface area contributed by atoms with Crippen LogP contribution in [0.4, 0.5) is 5.69 Å². The molecule has 0 heterocycles. The predicted molar refractivity (Wildman–Crippen MR) is 181 cm³/mol. The number of rotatable bonds is 39. The number of ether oxygens (including phenoxy) is 11. The summed E-state index contributed by atoms with van der Waals surface area (Å²) in [5.41, 5.74) is 0.0188. The molecule has 18 heteroatoms. The maximum absolute atomic E-state index is 11.4. The van der Waals surface area contributed by atoms with E-state index in [1.807, 2.05) is 0 Å². The van der Waals surface area contributed by atoms with Crippen molar-refractivity contribution in [3.63, 3.8) is 0 Å². The average Bonchev–Trinajstić information content (AvgIpc) is 3.12. The van der Waals surface area contributed by atoms with Gasteiger partial charge in [0.05, 0.1) is 137 Å². The van der Waals surface area contributed by atoms with Gasteiger partial charge in [-0.25, -0.2) is 0 Å². The summed E-state index contributed by atoms with van der Waals surface area (Å²) in [6.07, 6.45) is 0.458. The maximum Gasteiger partial charge on any atom is 0.303 e. The first-order valence-electron chi connectivity index (χ1n) is 17.1. The van der Waals surface area contributed by atoms with Crippen LogP contribution in [0.1, 0.15) is 19.3 Å². The summed E-state index contributed by atoms with van der Waals surface area (Å²) < 4.78 is 59.9. The fraction of sp³-hybridized carbons (Fsp3) is 0.758. The molecule has 1 aromatic rings. The molecule has 0 spiro atoms. The topological polar surface area (TPSA) is 211 Å². The number of non-ortho nitro benzene ring substituents is 1. The van der Waals surface area contributed by atoms with E-state index in [-0.39, 0.29) is 24.4 Å². The second-order valence-corrected chi connectivity index (χ2v) is 10.3. The molecule has 0 aromatic heterocycles. The van der Waals surface area contributed by atoms with Gasteiger partial charge in [0.1, 0.15) is 12.4 Å². The Morgan fingerprint density at radius 1 is 0.529 bits per heavy atom. The number of hydrogen-bond donors (Lipinski definition) is 2. The lowest BCUT2D eigenvalue weighted by molar-refractivity contribution is -0.384. The van der Waals surface area contributed by atoms with Gasteiger partial charge in [-0.15, -0.1) is 0 Å². The summed E-state index contributed by atoms with van der Waals surface area (Å²) in [6, 6.07) is 5.88. The zero-order valence-corrected chi connectivity index (χ0v) is 29.5. The molecule has 0 radical (unpaired) electrons. The molecule has 1 rings (SSSR count). The molecule has 18 nitrogen and oxygen atoms in total. The van der Waals surface area contributed by atoms with Gasteiger partial charge < -0.3 is 62.5 Å². The van der Waals surface area contributed by atoms with Crippen LogP contribution in [0.25, 0.3) is 0 Å². The highest BCUT2D eigenvalue weighted by Crippen LogP contribution is 2.17. The quantitative estimate of drug-likeness (QED) is 0.0557. The largest absolute Gasteiger partial charge is 0.491 e. The van der Waals surface area contributed by atoms with E-state index in [1.54, 1.807) is 12.1 Å². The molecule has 0 unspecified atom stereocenters. The van der Waals surface area contributed by atoms with Gasteiger partial charge in [-0.05, 0) is 18.6 Å². The average molecular weight is 737 g/mol. The number of aliphatic carboxylic acids is 1. The van der Waals surface area contributed by atoms with Crippen molar-refractivity contribution in [2.45, 2.75) is 19.3 Å². The normalized spacial score (nSPS) is 11.1. The smallest absolute Gasteiger partial charge is 0.303 e. The van der Waals surface area contributed by atoms with E-state index in [0.717, 1.165) is 0 Å². The van der Waals surface area contributed by atoms with Crippen molar-refractivity contribution < 1.29 is 71.7 Å². The van der Waals surface area contributed by atoms with E-state index in [4.69, 9.17) is 57.2 Å². The predicted octanol–water partition coefficient (Wildman–Crippen LogP) is 1.51. The molecular weight excluding hydrogens is 680 g/mol. The number of hydrogen-bond acceptors (Lipinski definition) is 15. The monoisotopic (exact) mass is 736 g/mol. The first-order chi connectivity index (χ1) is 25.0. The SMILES string of the molecule is O=C(O)CCC(=O)NCCCOCCOCCOCCOCCOCCOCCOCCOCCOCCOCCOc1ccc([N+](=O)[O-])cc1. The minimum atomic E-state index is -0.988. The number of carbonyl (C=O) groups is 2. The van der Waals surface area contributed by atoms with Crippen LogP contribution >= 0.6 is 0 Å². The van der Waals surface area contributed by atoms with Gasteiger partial charge in [0.15, 0.2) is 0 Å². The van der Waals surface area contributed by atoms with Crippen LogP contribution in [0.15, 0.2) is 24.3 Å². The highest BCUT2D eigenvalue weighted by atomic mass is 16.6. The van der Waals surface area contributed by atoms with Crippen molar-refractivity contribution in [2.24, 2.45) is 0 Å². The second-order valence-electron chi connectivity index (χ2n) is 10.3. The number of carbonyl (C=O) groups excluding carboxylic acids is 1. The molecule has 0 saturated carbocycles. The molecule has 0 aliphatic heterocycles. The Kier molecular flexibility index (Phi) is 31.9. The van der Waals surface area contributed by atoms with Crippen LogP contribution in [0.2, 0.25) is 0 Å². The Hall–Kier alpha value is -3.04. The van der Waals surface area contributed by atoms with Gasteiger partial charge >= 0.3 is 5.97 Å². The van der Waals surface area contributed by atoms with Crippen LogP contribution in [0.5, 0.6) is 5.75 Å². The summed E-state index contributed by atoms with van der Waals surface area (Å²) in [7, 11) is 0. The lowest BCUT2D eigenvalue weighted by Gasteiger charge is -2.09. The van der Waals surface area contributed by atoms with Crippen LogP contribution in [-0.2, 0) is 57.0 Å². The van der Waals surface area contributed by atoms with Crippen LogP contribution in [0, 0.1) is 10.1 Å². The van der Waals surface area contributed by atoms with Crippen LogP contribution in [-0.4, -0.2) is 167 Å². The zero-order chi connectivity index (χ0) is 36.9. The van der Waals surface area contributed by atoms with E-state index in [1.165, 1.54) is 12.1 Å². The van der Waals surface area contributed by atoms with Crippen molar-refractivity contribution in [1.29, 1.82) is 0 Å². The highest BCUT2D eigenvalue weighted by molar-refractivity contribution is 5.80. The zero-order valence-electron chi connectivity index (χ0n) is 29.5.